The fraction of sp³-hybridized carbons (Fsp3) is 0.308. The number of hydrogen-bond donors (Lipinski definition) is 1. The molecule has 3 rings (SSSR count). The summed E-state index contributed by atoms with van der Waals surface area (Å²) in [6.45, 7) is 3.17. The number of anilines is 2. The fourth-order valence-corrected chi connectivity index (χ4v) is 1.96. The van der Waals surface area contributed by atoms with Crippen molar-refractivity contribution in [3.8, 4) is 11.3 Å². The number of hydrogen-bond acceptors (Lipinski definition) is 6. The lowest BCUT2D eigenvalue weighted by molar-refractivity contribution is 0.122. The largest absolute Gasteiger partial charge is 0.378 e. The first-order valence-corrected chi connectivity index (χ1v) is 6.11. The van der Waals surface area contributed by atoms with Gasteiger partial charge in [-0.1, -0.05) is 0 Å². The predicted molar refractivity (Wildman–Crippen MR) is 71.5 cm³/mol. The maximum atomic E-state index is 5.48. The van der Waals surface area contributed by atoms with Gasteiger partial charge in [0.2, 0.25) is 5.95 Å². The van der Waals surface area contributed by atoms with Crippen LogP contribution in [0.3, 0.4) is 0 Å². The highest BCUT2D eigenvalue weighted by molar-refractivity contribution is 5.60. The molecule has 0 saturated carbocycles. The third kappa shape index (κ3) is 2.63. The SMILES string of the molecule is Nc1ncc(-c2c[c]cc(N3CCOCC3)n2)cn1. The van der Waals surface area contributed by atoms with Crippen LogP contribution in [0.4, 0.5) is 11.8 Å². The number of morpholine rings is 1. The van der Waals surface area contributed by atoms with Crippen LogP contribution in [0.2, 0.25) is 0 Å². The molecule has 3 heterocycles. The highest BCUT2D eigenvalue weighted by Crippen LogP contribution is 2.19. The van der Waals surface area contributed by atoms with Gasteiger partial charge in [0.1, 0.15) is 5.82 Å². The average Bonchev–Trinajstić information content (AvgIpc) is 2.49. The summed E-state index contributed by atoms with van der Waals surface area (Å²) in [4.78, 5) is 14.8. The second-order valence-electron chi connectivity index (χ2n) is 4.24. The zero-order valence-corrected chi connectivity index (χ0v) is 10.4. The van der Waals surface area contributed by atoms with E-state index in [-0.39, 0.29) is 5.95 Å². The van der Waals surface area contributed by atoms with Gasteiger partial charge in [0.05, 0.1) is 18.9 Å². The molecule has 1 radical (unpaired) electrons. The number of aromatic nitrogens is 3. The number of pyridine rings is 1. The Morgan fingerprint density at radius 2 is 1.89 bits per heavy atom. The molecule has 1 saturated heterocycles. The molecule has 0 bridgehead atoms. The molecule has 6 heteroatoms. The summed E-state index contributed by atoms with van der Waals surface area (Å²) in [5, 5.41) is 0. The van der Waals surface area contributed by atoms with Crippen LogP contribution < -0.4 is 10.6 Å². The molecule has 0 aliphatic carbocycles. The quantitative estimate of drug-likeness (QED) is 0.854. The van der Waals surface area contributed by atoms with E-state index in [1.54, 1.807) is 12.4 Å². The molecule has 0 aromatic carbocycles. The van der Waals surface area contributed by atoms with Crippen molar-refractivity contribution in [1.29, 1.82) is 0 Å². The van der Waals surface area contributed by atoms with Crippen LogP contribution in [-0.2, 0) is 4.74 Å². The number of rotatable bonds is 2. The van der Waals surface area contributed by atoms with Crippen LogP contribution in [0.1, 0.15) is 0 Å². The summed E-state index contributed by atoms with van der Waals surface area (Å²) in [6.07, 6.45) is 3.34. The standard InChI is InChI=1S/C13H14N5O/c14-13-15-8-10(9-16-13)11-2-1-3-12(17-11)18-4-6-19-7-5-18/h2-3,8-9H,4-7H2,(H2,14,15,16). The Morgan fingerprint density at radius 1 is 1.16 bits per heavy atom. The van der Waals surface area contributed by atoms with E-state index in [0.29, 0.717) is 0 Å². The molecule has 1 aliphatic rings. The zero-order chi connectivity index (χ0) is 13.1. The molecule has 0 unspecified atom stereocenters. The molecule has 6 nitrogen and oxygen atoms in total. The fourth-order valence-electron chi connectivity index (χ4n) is 1.96. The van der Waals surface area contributed by atoms with Crippen molar-refractivity contribution in [2.45, 2.75) is 0 Å². The van der Waals surface area contributed by atoms with Gasteiger partial charge >= 0.3 is 0 Å². The molecular weight excluding hydrogens is 242 g/mol. The van der Waals surface area contributed by atoms with Crippen molar-refractivity contribution in [1.82, 2.24) is 15.0 Å². The van der Waals surface area contributed by atoms with Gasteiger partial charge in [-0.3, -0.25) is 0 Å². The Bertz CT molecular complexity index is 551. The number of nitrogen functional groups attached to an aromatic ring is 1. The van der Waals surface area contributed by atoms with Crippen molar-refractivity contribution in [2.24, 2.45) is 0 Å². The Kier molecular flexibility index (Phi) is 3.24. The van der Waals surface area contributed by atoms with E-state index in [2.05, 4.69) is 25.9 Å². The van der Waals surface area contributed by atoms with E-state index < -0.39 is 0 Å². The van der Waals surface area contributed by atoms with Crippen LogP contribution in [0, 0.1) is 6.07 Å². The predicted octanol–water partition coefficient (Wildman–Crippen LogP) is 0.758. The minimum absolute atomic E-state index is 0.261. The third-order valence-corrected chi connectivity index (χ3v) is 2.97. The minimum atomic E-state index is 0.261. The van der Waals surface area contributed by atoms with Crippen LogP contribution >= 0.6 is 0 Å². The van der Waals surface area contributed by atoms with Gasteiger partial charge in [-0.2, -0.15) is 0 Å². The number of nitrogens with two attached hydrogens (primary N) is 1. The summed E-state index contributed by atoms with van der Waals surface area (Å²) < 4.78 is 5.34. The van der Waals surface area contributed by atoms with Gasteiger partial charge in [0.15, 0.2) is 0 Å². The van der Waals surface area contributed by atoms with Crippen molar-refractivity contribution in [3.05, 3.63) is 30.6 Å². The van der Waals surface area contributed by atoms with Gasteiger partial charge in [-0.05, 0) is 18.2 Å². The Hall–Kier alpha value is -2.21. The van der Waals surface area contributed by atoms with Crippen LogP contribution in [0.5, 0.6) is 0 Å². The molecule has 1 aliphatic heterocycles. The molecule has 0 amide bonds. The lowest BCUT2D eigenvalue weighted by atomic mass is 10.2. The number of nitrogens with zero attached hydrogens (tertiary/aromatic N) is 4. The lowest BCUT2D eigenvalue weighted by Crippen LogP contribution is -2.36. The van der Waals surface area contributed by atoms with Gasteiger partial charge in [0, 0.05) is 31.0 Å². The monoisotopic (exact) mass is 256 g/mol. The molecule has 2 N–H and O–H groups in total. The van der Waals surface area contributed by atoms with E-state index in [1.807, 2.05) is 12.1 Å². The molecule has 19 heavy (non-hydrogen) atoms. The van der Waals surface area contributed by atoms with E-state index in [0.717, 1.165) is 43.4 Å². The first-order chi connectivity index (χ1) is 9.33. The summed E-state index contributed by atoms with van der Waals surface area (Å²) in [5.74, 6) is 1.16. The summed E-state index contributed by atoms with van der Waals surface area (Å²) >= 11 is 0. The third-order valence-electron chi connectivity index (χ3n) is 2.97. The molecule has 1 fully saturated rings. The van der Waals surface area contributed by atoms with Gasteiger partial charge < -0.3 is 15.4 Å². The maximum Gasteiger partial charge on any atom is 0.219 e. The van der Waals surface area contributed by atoms with Crippen LogP contribution in [0.15, 0.2) is 24.5 Å². The molecule has 0 spiro atoms. The zero-order valence-electron chi connectivity index (χ0n) is 10.4. The summed E-state index contributed by atoms with van der Waals surface area (Å²) in [6, 6.07) is 6.81. The smallest absolute Gasteiger partial charge is 0.219 e. The van der Waals surface area contributed by atoms with E-state index in [9.17, 15) is 0 Å². The summed E-state index contributed by atoms with van der Waals surface area (Å²) in [7, 11) is 0. The average molecular weight is 256 g/mol. The van der Waals surface area contributed by atoms with Crippen LogP contribution in [0.25, 0.3) is 11.3 Å². The summed E-state index contributed by atoms with van der Waals surface area (Å²) in [5.41, 5.74) is 7.11. The Morgan fingerprint density at radius 3 is 2.63 bits per heavy atom. The van der Waals surface area contributed by atoms with Gasteiger partial charge in [-0.15, -0.1) is 0 Å². The van der Waals surface area contributed by atoms with E-state index in [1.165, 1.54) is 0 Å². The van der Waals surface area contributed by atoms with Gasteiger partial charge in [0.25, 0.3) is 0 Å². The molecule has 2 aromatic heterocycles. The Balaban J connectivity index is 1.88. The second-order valence-corrected chi connectivity index (χ2v) is 4.24. The highest BCUT2D eigenvalue weighted by Gasteiger charge is 2.13. The second kappa shape index (κ2) is 5.19. The number of ether oxygens (including phenoxy) is 1. The van der Waals surface area contributed by atoms with E-state index in [4.69, 9.17) is 10.5 Å². The van der Waals surface area contributed by atoms with Crippen molar-refractivity contribution in [3.63, 3.8) is 0 Å². The van der Waals surface area contributed by atoms with Crippen molar-refractivity contribution in [2.75, 3.05) is 36.9 Å². The minimum Gasteiger partial charge on any atom is -0.378 e. The van der Waals surface area contributed by atoms with E-state index >= 15 is 0 Å². The molecule has 97 valence electrons. The molecule has 2 aromatic rings. The normalized spacial score (nSPS) is 15.5. The van der Waals surface area contributed by atoms with Gasteiger partial charge in [-0.25, -0.2) is 15.0 Å². The van der Waals surface area contributed by atoms with Crippen molar-refractivity contribution < 1.29 is 4.74 Å². The maximum absolute atomic E-state index is 5.48. The topological polar surface area (TPSA) is 77.2 Å². The van der Waals surface area contributed by atoms with Crippen molar-refractivity contribution >= 4 is 11.8 Å². The highest BCUT2D eigenvalue weighted by atomic mass is 16.5. The first-order valence-electron chi connectivity index (χ1n) is 6.11. The Labute approximate surface area is 111 Å². The lowest BCUT2D eigenvalue weighted by Gasteiger charge is -2.27. The molecule has 0 atom stereocenters. The first kappa shape index (κ1) is 11.9. The van der Waals surface area contributed by atoms with Crippen LogP contribution in [-0.4, -0.2) is 41.3 Å². The molecular formula is C13H14N5O.